The van der Waals surface area contributed by atoms with Crippen LogP contribution in [0, 0.1) is 5.92 Å². The Kier molecular flexibility index (Phi) is 2.74. The molecule has 3 rings (SSSR count). The quantitative estimate of drug-likeness (QED) is 0.779. The summed E-state index contributed by atoms with van der Waals surface area (Å²) in [5.74, 6) is 0.958. The van der Waals surface area contributed by atoms with E-state index in [1.165, 1.54) is 0 Å². The van der Waals surface area contributed by atoms with Gasteiger partial charge < -0.3 is 4.90 Å². The third-order valence-electron chi connectivity index (χ3n) is 3.47. The van der Waals surface area contributed by atoms with Crippen molar-refractivity contribution in [2.24, 2.45) is 13.0 Å². The molecule has 1 aliphatic rings. The summed E-state index contributed by atoms with van der Waals surface area (Å²) in [5.41, 5.74) is 1.97. The van der Waals surface area contributed by atoms with Crippen LogP contribution in [0.25, 0.3) is 10.9 Å². The maximum atomic E-state index is 11.9. The fourth-order valence-corrected chi connectivity index (χ4v) is 2.64. The molecule has 0 saturated carbocycles. The molecule has 94 valence electrons. The molecule has 2 aromatic rings. The summed E-state index contributed by atoms with van der Waals surface area (Å²) in [6.45, 7) is 0.714. The number of hydrogen-bond donors (Lipinski definition) is 0. The number of amides is 1. The summed E-state index contributed by atoms with van der Waals surface area (Å²) in [6, 6.07) is 5.98. The van der Waals surface area contributed by atoms with E-state index in [0.717, 1.165) is 16.6 Å². The van der Waals surface area contributed by atoms with Gasteiger partial charge in [-0.05, 0) is 24.1 Å². The van der Waals surface area contributed by atoms with Crippen LogP contribution in [-0.2, 0) is 11.8 Å². The number of fused-ring (bicyclic) bond motifs is 1. The van der Waals surface area contributed by atoms with E-state index >= 15 is 0 Å². The third kappa shape index (κ3) is 1.77. The van der Waals surface area contributed by atoms with Gasteiger partial charge in [0.25, 0.3) is 0 Å². The predicted molar refractivity (Wildman–Crippen MR) is 71.9 cm³/mol. The molecule has 0 radical (unpaired) electrons. The first-order valence-electron chi connectivity index (χ1n) is 5.97. The van der Waals surface area contributed by atoms with Gasteiger partial charge in [-0.25, -0.2) is 0 Å². The molecule has 4 nitrogen and oxygen atoms in total. The lowest BCUT2D eigenvalue weighted by molar-refractivity contribution is -0.117. The lowest BCUT2D eigenvalue weighted by Gasteiger charge is -2.16. The van der Waals surface area contributed by atoms with Crippen molar-refractivity contribution in [3.05, 3.63) is 24.4 Å². The van der Waals surface area contributed by atoms with E-state index in [9.17, 15) is 4.79 Å². The summed E-state index contributed by atoms with van der Waals surface area (Å²) in [5, 5.41) is 5.29. The number of rotatable bonds is 2. The van der Waals surface area contributed by atoms with E-state index in [-0.39, 0.29) is 11.8 Å². The molecular weight excluding hydrogens is 250 g/mol. The average molecular weight is 264 g/mol. The van der Waals surface area contributed by atoms with E-state index < -0.39 is 0 Å². The van der Waals surface area contributed by atoms with Gasteiger partial charge in [0.15, 0.2) is 0 Å². The maximum Gasteiger partial charge on any atom is 0.227 e. The van der Waals surface area contributed by atoms with Crippen LogP contribution in [0.15, 0.2) is 24.4 Å². The van der Waals surface area contributed by atoms with Crippen LogP contribution in [0.1, 0.15) is 6.42 Å². The van der Waals surface area contributed by atoms with Crippen molar-refractivity contribution in [3.8, 4) is 0 Å². The lowest BCUT2D eigenvalue weighted by Crippen LogP contribution is -2.24. The van der Waals surface area contributed by atoms with Gasteiger partial charge in [0.1, 0.15) is 0 Å². The number of hydrogen-bond acceptors (Lipinski definition) is 2. The zero-order chi connectivity index (χ0) is 12.7. The van der Waals surface area contributed by atoms with E-state index in [0.29, 0.717) is 18.8 Å². The smallest absolute Gasteiger partial charge is 0.227 e. The van der Waals surface area contributed by atoms with Gasteiger partial charge in [-0.1, -0.05) is 0 Å². The van der Waals surface area contributed by atoms with Gasteiger partial charge in [0.2, 0.25) is 5.91 Å². The van der Waals surface area contributed by atoms with E-state index in [2.05, 4.69) is 5.10 Å². The van der Waals surface area contributed by atoms with Gasteiger partial charge >= 0.3 is 0 Å². The normalized spacial score (nSPS) is 20.0. The maximum absolute atomic E-state index is 11.9. The monoisotopic (exact) mass is 263 g/mol. The largest absolute Gasteiger partial charge is 0.312 e. The van der Waals surface area contributed by atoms with E-state index in [4.69, 9.17) is 11.6 Å². The molecular formula is C13H14ClN3O. The molecule has 1 amide bonds. The van der Waals surface area contributed by atoms with Gasteiger partial charge in [-0.2, -0.15) is 5.10 Å². The Morgan fingerprint density at radius 2 is 2.33 bits per heavy atom. The molecule has 2 heterocycles. The Bertz CT molecular complexity index is 607. The highest BCUT2D eigenvalue weighted by atomic mass is 35.5. The van der Waals surface area contributed by atoms with Crippen LogP contribution in [0.2, 0.25) is 0 Å². The summed E-state index contributed by atoms with van der Waals surface area (Å²) >= 11 is 5.84. The minimum atomic E-state index is 0.155. The number of carbonyl (C=O) groups is 1. The molecule has 5 heteroatoms. The van der Waals surface area contributed by atoms with Crippen molar-refractivity contribution >= 4 is 34.1 Å². The van der Waals surface area contributed by atoms with Crippen LogP contribution < -0.4 is 4.90 Å². The number of aryl methyl sites for hydroxylation is 1. The molecule has 18 heavy (non-hydrogen) atoms. The molecule has 0 aliphatic carbocycles. The minimum absolute atomic E-state index is 0.155. The molecule has 1 fully saturated rings. The molecule has 1 atom stereocenters. The summed E-state index contributed by atoms with van der Waals surface area (Å²) in [7, 11) is 1.90. The number of aromatic nitrogens is 2. The predicted octanol–water partition coefficient (Wildman–Crippen LogP) is 2.17. The highest BCUT2D eigenvalue weighted by molar-refractivity contribution is 6.18. The van der Waals surface area contributed by atoms with Crippen molar-refractivity contribution in [2.45, 2.75) is 6.42 Å². The van der Waals surface area contributed by atoms with Crippen LogP contribution >= 0.6 is 11.6 Å². The molecule has 1 saturated heterocycles. The molecule has 1 aromatic carbocycles. The topological polar surface area (TPSA) is 38.1 Å². The van der Waals surface area contributed by atoms with Crippen molar-refractivity contribution in [1.82, 2.24) is 9.78 Å². The average Bonchev–Trinajstić information content (AvgIpc) is 2.93. The Balaban J connectivity index is 1.99. The fourth-order valence-electron chi connectivity index (χ4n) is 2.43. The van der Waals surface area contributed by atoms with Gasteiger partial charge in [-0.3, -0.25) is 9.48 Å². The fraction of sp³-hybridized carbons (Fsp3) is 0.385. The first-order chi connectivity index (χ1) is 8.69. The number of halogens is 1. The van der Waals surface area contributed by atoms with Crippen LogP contribution in [0.4, 0.5) is 5.69 Å². The SMILES string of the molecule is Cn1ncc2ccc(N3CC(CCl)CC3=O)cc21. The van der Waals surface area contributed by atoms with Gasteiger partial charge in [-0.15, -0.1) is 11.6 Å². The van der Waals surface area contributed by atoms with Crippen molar-refractivity contribution in [3.63, 3.8) is 0 Å². The summed E-state index contributed by atoms with van der Waals surface area (Å²) in [6.07, 6.45) is 2.37. The van der Waals surface area contributed by atoms with Gasteiger partial charge in [0, 0.05) is 37.0 Å². The summed E-state index contributed by atoms with van der Waals surface area (Å²) < 4.78 is 1.82. The second-order valence-corrected chi connectivity index (χ2v) is 5.05. The van der Waals surface area contributed by atoms with Crippen molar-refractivity contribution in [1.29, 1.82) is 0 Å². The number of carbonyl (C=O) groups excluding carboxylic acids is 1. The Labute approximate surface area is 110 Å². The molecule has 0 N–H and O–H groups in total. The van der Waals surface area contributed by atoms with Crippen LogP contribution in [0.3, 0.4) is 0 Å². The first kappa shape index (κ1) is 11.5. The Morgan fingerprint density at radius 3 is 3.06 bits per heavy atom. The first-order valence-corrected chi connectivity index (χ1v) is 6.50. The number of nitrogens with zero attached hydrogens (tertiary/aromatic N) is 3. The van der Waals surface area contributed by atoms with Gasteiger partial charge in [0.05, 0.1) is 11.7 Å². The second-order valence-electron chi connectivity index (χ2n) is 4.74. The molecule has 1 aromatic heterocycles. The highest BCUT2D eigenvalue weighted by Gasteiger charge is 2.30. The zero-order valence-corrected chi connectivity index (χ0v) is 10.9. The zero-order valence-electron chi connectivity index (χ0n) is 10.1. The number of anilines is 1. The van der Waals surface area contributed by atoms with E-state index in [1.807, 2.05) is 41.0 Å². The van der Waals surface area contributed by atoms with Crippen molar-refractivity contribution < 1.29 is 4.79 Å². The molecule has 1 unspecified atom stereocenters. The van der Waals surface area contributed by atoms with Crippen LogP contribution in [-0.4, -0.2) is 28.1 Å². The molecule has 1 aliphatic heterocycles. The van der Waals surface area contributed by atoms with E-state index in [1.54, 1.807) is 0 Å². The standard InChI is InChI=1S/C13H14ClN3O/c1-16-12-5-11(3-2-10(12)7-15-16)17-8-9(6-14)4-13(17)18/h2-3,5,7,9H,4,6,8H2,1H3. The number of alkyl halides is 1. The van der Waals surface area contributed by atoms with Crippen LogP contribution in [0.5, 0.6) is 0 Å². The highest BCUT2D eigenvalue weighted by Crippen LogP contribution is 2.28. The van der Waals surface area contributed by atoms with Crippen molar-refractivity contribution in [2.75, 3.05) is 17.3 Å². The second kappa shape index (κ2) is 4.28. The lowest BCUT2D eigenvalue weighted by atomic mass is 10.1. The Morgan fingerprint density at radius 1 is 1.50 bits per heavy atom. The minimum Gasteiger partial charge on any atom is -0.312 e. The summed E-state index contributed by atoms with van der Waals surface area (Å²) in [4.78, 5) is 13.8. The molecule has 0 spiro atoms. The molecule has 0 bridgehead atoms. The Hall–Kier alpha value is -1.55. The third-order valence-corrected chi connectivity index (χ3v) is 3.90. The number of benzene rings is 1.